The van der Waals surface area contributed by atoms with Crippen LogP contribution in [0.3, 0.4) is 0 Å². The van der Waals surface area contributed by atoms with Gasteiger partial charge in [-0.05, 0) is 50.4 Å². The Morgan fingerprint density at radius 1 is 0.778 bits per heavy atom. The average molecular weight is 378 g/mol. The number of carbonyl (C=O) groups is 1. The number of nitrogens with one attached hydrogen (secondary N) is 1. The van der Waals surface area contributed by atoms with Gasteiger partial charge in [-0.25, -0.2) is 0 Å². The molecular formula is C25H47NO. The van der Waals surface area contributed by atoms with Gasteiger partial charge < -0.3 is 5.32 Å². The molecule has 0 fully saturated rings. The van der Waals surface area contributed by atoms with Crippen LogP contribution < -0.4 is 5.32 Å². The van der Waals surface area contributed by atoms with Crippen LogP contribution in [0.2, 0.25) is 0 Å². The van der Waals surface area contributed by atoms with E-state index >= 15 is 0 Å². The van der Waals surface area contributed by atoms with Crippen LogP contribution in [0.4, 0.5) is 0 Å². The molecule has 0 spiro atoms. The predicted molar refractivity (Wildman–Crippen MR) is 121 cm³/mol. The molecule has 0 aromatic heterocycles. The molecule has 0 aromatic rings. The molecule has 27 heavy (non-hydrogen) atoms. The Labute approximate surface area is 170 Å². The lowest BCUT2D eigenvalue weighted by Gasteiger charge is -2.17. The fourth-order valence-electron chi connectivity index (χ4n) is 2.92. The van der Waals surface area contributed by atoms with Crippen LogP contribution in [-0.4, -0.2) is 12.5 Å². The first kappa shape index (κ1) is 26.0. The molecule has 0 radical (unpaired) electrons. The number of carbonyl (C=O) groups excluding carboxylic acids is 1. The third kappa shape index (κ3) is 22.9. The second-order valence-electron chi connectivity index (χ2n) is 8.99. The summed E-state index contributed by atoms with van der Waals surface area (Å²) in [7, 11) is 0. The number of allylic oxidation sites excluding steroid dienone is 4. The largest absolute Gasteiger partial charge is 0.356 e. The zero-order valence-corrected chi connectivity index (χ0v) is 18.8. The summed E-state index contributed by atoms with van der Waals surface area (Å²) in [5, 5.41) is 3.05. The first-order chi connectivity index (χ1) is 13.0. The first-order valence-corrected chi connectivity index (χ1v) is 11.5. The van der Waals surface area contributed by atoms with Crippen molar-refractivity contribution in [3.63, 3.8) is 0 Å². The van der Waals surface area contributed by atoms with E-state index in [1.165, 1.54) is 64.2 Å². The maximum Gasteiger partial charge on any atom is 0.220 e. The summed E-state index contributed by atoms with van der Waals surface area (Å²) in [6.07, 6.45) is 26.0. The molecule has 0 atom stereocenters. The molecule has 0 heterocycles. The maximum atomic E-state index is 11.7. The number of hydrogen-bond acceptors (Lipinski definition) is 1. The van der Waals surface area contributed by atoms with E-state index in [0.717, 1.165) is 25.8 Å². The molecule has 0 bridgehead atoms. The second-order valence-corrected chi connectivity index (χ2v) is 8.99. The highest BCUT2D eigenvalue weighted by molar-refractivity contribution is 5.75. The topological polar surface area (TPSA) is 29.1 Å². The number of amides is 1. The Bertz CT molecular complexity index is 390. The minimum atomic E-state index is 0.215. The van der Waals surface area contributed by atoms with E-state index in [2.05, 4.69) is 57.3 Å². The normalized spacial score (nSPS) is 12.3. The Hall–Kier alpha value is -1.05. The van der Waals surface area contributed by atoms with E-state index in [4.69, 9.17) is 0 Å². The first-order valence-electron chi connectivity index (χ1n) is 11.5. The third-order valence-corrected chi connectivity index (χ3v) is 4.80. The number of rotatable bonds is 17. The Balaban J connectivity index is 3.29. The molecule has 0 aromatic carbocycles. The molecule has 0 aliphatic heterocycles. The summed E-state index contributed by atoms with van der Waals surface area (Å²) in [6.45, 7) is 9.65. The van der Waals surface area contributed by atoms with Crippen molar-refractivity contribution in [2.45, 2.75) is 118 Å². The molecule has 1 N–H and O–H groups in total. The molecule has 0 saturated heterocycles. The van der Waals surface area contributed by atoms with Crippen LogP contribution in [0.15, 0.2) is 24.3 Å². The molecule has 1 amide bonds. The van der Waals surface area contributed by atoms with Crippen molar-refractivity contribution < 1.29 is 4.79 Å². The maximum absolute atomic E-state index is 11.7. The molecular weight excluding hydrogens is 330 g/mol. The third-order valence-electron chi connectivity index (χ3n) is 4.80. The molecule has 158 valence electrons. The van der Waals surface area contributed by atoms with Gasteiger partial charge in [0.15, 0.2) is 0 Å². The summed E-state index contributed by atoms with van der Waals surface area (Å²) in [4.78, 5) is 11.7. The van der Waals surface area contributed by atoms with Crippen molar-refractivity contribution in [1.29, 1.82) is 0 Å². The van der Waals surface area contributed by atoms with E-state index in [0.29, 0.717) is 6.42 Å². The van der Waals surface area contributed by atoms with Gasteiger partial charge >= 0.3 is 0 Å². The number of hydrogen-bond donors (Lipinski definition) is 1. The van der Waals surface area contributed by atoms with Gasteiger partial charge in [0.2, 0.25) is 5.91 Å². The van der Waals surface area contributed by atoms with Crippen molar-refractivity contribution in [2.75, 3.05) is 6.54 Å². The summed E-state index contributed by atoms with van der Waals surface area (Å²) in [5.41, 5.74) is 0.247. The van der Waals surface area contributed by atoms with E-state index < -0.39 is 0 Å². The zero-order valence-electron chi connectivity index (χ0n) is 18.8. The van der Waals surface area contributed by atoms with Crippen LogP contribution in [0.5, 0.6) is 0 Å². The van der Waals surface area contributed by atoms with Crippen molar-refractivity contribution in [3.05, 3.63) is 24.3 Å². The van der Waals surface area contributed by atoms with Gasteiger partial charge in [0, 0.05) is 13.0 Å². The molecule has 0 unspecified atom stereocenters. The summed E-state index contributed by atoms with van der Waals surface area (Å²) in [5.74, 6) is 0.215. The second kappa shape index (κ2) is 18.3. The summed E-state index contributed by atoms with van der Waals surface area (Å²) in [6, 6.07) is 0. The smallest absolute Gasteiger partial charge is 0.220 e. The molecule has 0 saturated carbocycles. The van der Waals surface area contributed by atoms with Gasteiger partial charge in [-0.1, -0.05) is 90.5 Å². The van der Waals surface area contributed by atoms with Crippen molar-refractivity contribution >= 4 is 5.91 Å². The minimum Gasteiger partial charge on any atom is -0.356 e. The molecule has 2 nitrogen and oxygen atoms in total. The highest BCUT2D eigenvalue weighted by atomic mass is 16.1. The van der Waals surface area contributed by atoms with Crippen LogP contribution in [0.25, 0.3) is 0 Å². The van der Waals surface area contributed by atoms with Gasteiger partial charge in [0.1, 0.15) is 0 Å². The highest BCUT2D eigenvalue weighted by Crippen LogP contribution is 2.20. The van der Waals surface area contributed by atoms with Crippen molar-refractivity contribution in [2.24, 2.45) is 5.41 Å². The number of unbranched alkanes of at least 4 members (excludes halogenated alkanes) is 9. The monoisotopic (exact) mass is 377 g/mol. The van der Waals surface area contributed by atoms with Crippen LogP contribution in [0.1, 0.15) is 118 Å². The van der Waals surface area contributed by atoms with Gasteiger partial charge in [-0.2, -0.15) is 0 Å². The summed E-state index contributed by atoms with van der Waals surface area (Å²) < 4.78 is 0. The Kier molecular flexibility index (Phi) is 17.6. The Morgan fingerprint density at radius 2 is 1.33 bits per heavy atom. The quantitative estimate of drug-likeness (QED) is 0.204. The molecule has 0 aliphatic rings. The van der Waals surface area contributed by atoms with E-state index in [9.17, 15) is 4.79 Å². The lowest BCUT2D eigenvalue weighted by molar-refractivity contribution is -0.121. The van der Waals surface area contributed by atoms with Gasteiger partial charge in [0.25, 0.3) is 0 Å². The summed E-state index contributed by atoms with van der Waals surface area (Å²) >= 11 is 0. The van der Waals surface area contributed by atoms with E-state index in [-0.39, 0.29) is 11.3 Å². The van der Waals surface area contributed by atoms with Crippen molar-refractivity contribution in [1.82, 2.24) is 5.32 Å². The van der Waals surface area contributed by atoms with E-state index in [1.807, 2.05) is 0 Å². The van der Waals surface area contributed by atoms with Gasteiger partial charge in [-0.3, -0.25) is 4.79 Å². The Morgan fingerprint density at radius 3 is 1.93 bits per heavy atom. The van der Waals surface area contributed by atoms with E-state index in [1.54, 1.807) is 0 Å². The lowest BCUT2D eigenvalue weighted by atomic mass is 9.90. The highest BCUT2D eigenvalue weighted by Gasteiger charge is 2.12. The van der Waals surface area contributed by atoms with Gasteiger partial charge in [0.05, 0.1) is 0 Å². The van der Waals surface area contributed by atoms with Crippen LogP contribution in [-0.2, 0) is 4.79 Å². The van der Waals surface area contributed by atoms with Crippen molar-refractivity contribution in [3.8, 4) is 0 Å². The fraction of sp³-hybridized carbons (Fsp3) is 0.800. The lowest BCUT2D eigenvalue weighted by Crippen LogP contribution is -2.25. The predicted octanol–water partition coefficient (Wildman–Crippen LogP) is 7.74. The van der Waals surface area contributed by atoms with Crippen LogP contribution >= 0.6 is 0 Å². The molecule has 2 heteroatoms. The molecule has 0 rings (SSSR count). The fourth-order valence-corrected chi connectivity index (χ4v) is 2.92. The zero-order chi connectivity index (χ0) is 20.2. The van der Waals surface area contributed by atoms with Crippen LogP contribution in [0, 0.1) is 5.41 Å². The SMILES string of the molecule is CCCCC/C=C\C/C=C\CCCCCCCCNC(=O)CCC(C)(C)C. The van der Waals surface area contributed by atoms with Gasteiger partial charge in [-0.15, -0.1) is 0 Å². The average Bonchev–Trinajstić information content (AvgIpc) is 2.62. The standard InChI is InChI=1S/C25H47NO/c1-5-6-7-8-9-10-11-12-13-14-15-16-17-18-19-20-23-26-24(27)21-22-25(2,3)4/h9-10,12-13H,5-8,11,14-23H2,1-4H3,(H,26,27)/b10-9-,13-12-. The minimum absolute atomic E-state index is 0.215. The molecule has 0 aliphatic carbocycles.